The summed E-state index contributed by atoms with van der Waals surface area (Å²) in [6.45, 7) is 11.6. The van der Waals surface area contributed by atoms with Crippen LogP contribution in [0.3, 0.4) is 0 Å². The van der Waals surface area contributed by atoms with Gasteiger partial charge in [-0.2, -0.15) is 5.10 Å². The largest absolute Gasteiger partial charge is 0.383 e. The highest BCUT2D eigenvalue weighted by molar-refractivity contribution is 5.79. The third-order valence-electron chi connectivity index (χ3n) is 4.64. The van der Waals surface area contributed by atoms with E-state index in [2.05, 4.69) is 63.7 Å². The molecule has 0 aliphatic rings. The van der Waals surface area contributed by atoms with Gasteiger partial charge in [0.15, 0.2) is 5.96 Å². The Balaban J connectivity index is 1.95. The number of anilines is 1. The van der Waals surface area contributed by atoms with Crippen molar-refractivity contribution in [3.8, 4) is 0 Å². The number of benzene rings is 1. The highest BCUT2D eigenvalue weighted by Gasteiger charge is 2.24. The van der Waals surface area contributed by atoms with Crippen molar-refractivity contribution < 1.29 is 5.11 Å². The molecule has 0 fully saturated rings. The summed E-state index contributed by atoms with van der Waals surface area (Å²) in [4.78, 5) is 6.90. The third kappa shape index (κ3) is 6.27. The first-order valence-electron chi connectivity index (χ1n) is 9.91. The maximum Gasteiger partial charge on any atom is 0.191 e. The smallest absolute Gasteiger partial charge is 0.191 e. The van der Waals surface area contributed by atoms with Gasteiger partial charge in [-0.05, 0) is 45.4 Å². The van der Waals surface area contributed by atoms with Crippen LogP contribution in [0, 0.1) is 6.92 Å². The van der Waals surface area contributed by atoms with E-state index in [-0.39, 0.29) is 6.54 Å². The molecule has 0 aliphatic heterocycles. The normalized spacial score (nSPS) is 13.9. The third-order valence-corrected chi connectivity index (χ3v) is 4.64. The molecule has 1 atom stereocenters. The minimum Gasteiger partial charge on any atom is -0.383 e. The van der Waals surface area contributed by atoms with Gasteiger partial charge in [-0.3, -0.25) is 4.68 Å². The molecule has 1 aromatic heterocycles. The Morgan fingerprint density at radius 2 is 2.11 bits per heavy atom. The molecule has 0 bridgehead atoms. The topological polar surface area (TPSA) is 77.7 Å². The Hall–Kier alpha value is -2.54. The van der Waals surface area contributed by atoms with Gasteiger partial charge in [0.1, 0.15) is 5.60 Å². The van der Waals surface area contributed by atoms with Gasteiger partial charge < -0.3 is 20.6 Å². The summed E-state index contributed by atoms with van der Waals surface area (Å²) in [7, 11) is 1.84. The molecule has 0 spiro atoms. The minimum absolute atomic E-state index is 0.253. The Bertz CT molecular complexity index is 768. The standard InChI is InChI=1S/C21H34N6O/c1-6-22-20(24-16-21(4,28)18-14-25-26(5)15-18)23-11-12-27(7-2)19-10-8-9-17(3)13-19/h8-10,13-15,28H,6-7,11-12,16H2,1-5H3,(H2,22,23,24). The van der Waals surface area contributed by atoms with Crippen molar-refractivity contribution in [3.63, 3.8) is 0 Å². The van der Waals surface area contributed by atoms with Crippen molar-refractivity contribution in [1.29, 1.82) is 0 Å². The zero-order chi connectivity index (χ0) is 20.6. The fourth-order valence-corrected chi connectivity index (χ4v) is 2.97. The Kier molecular flexibility index (Phi) is 7.87. The number of rotatable bonds is 9. The summed E-state index contributed by atoms with van der Waals surface area (Å²) in [5, 5.41) is 21.5. The van der Waals surface area contributed by atoms with E-state index in [0.717, 1.165) is 31.7 Å². The lowest BCUT2D eigenvalue weighted by Gasteiger charge is -2.24. The van der Waals surface area contributed by atoms with E-state index in [1.165, 1.54) is 11.3 Å². The van der Waals surface area contributed by atoms with Crippen LogP contribution in [0.1, 0.15) is 31.9 Å². The summed E-state index contributed by atoms with van der Waals surface area (Å²) in [5.41, 5.74) is 2.18. The van der Waals surface area contributed by atoms with Crippen LogP contribution in [-0.4, -0.2) is 53.6 Å². The Labute approximate surface area is 168 Å². The van der Waals surface area contributed by atoms with E-state index in [9.17, 15) is 5.11 Å². The summed E-state index contributed by atoms with van der Waals surface area (Å²) < 4.78 is 1.68. The number of aryl methyl sites for hydroxylation is 2. The zero-order valence-electron chi connectivity index (χ0n) is 17.7. The van der Waals surface area contributed by atoms with Crippen molar-refractivity contribution in [3.05, 3.63) is 47.8 Å². The molecule has 7 heteroatoms. The van der Waals surface area contributed by atoms with Crippen molar-refractivity contribution in [2.45, 2.75) is 33.3 Å². The lowest BCUT2D eigenvalue weighted by Crippen LogP contribution is -2.42. The maximum atomic E-state index is 10.7. The molecule has 2 rings (SSSR count). The lowest BCUT2D eigenvalue weighted by atomic mass is 10.0. The quantitative estimate of drug-likeness (QED) is 0.454. The molecule has 0 aliphatic carbocycles. The second kappa shape index (κ2) is 10.1. The monoisotopic (exact) mass is 386 g/mol. The SMILES string of the molecule is CCNC(=NCC(C)(O)c1cnn(C)c1)NCCN(CC)c1cccc(C)c1. The van der Waals surface area contributed by atoms with Crippen LogP contribution in [0.15, 0.2) is 41.7 Å². The Morgan fingerprint density at radius 1 is 1.32 bits per heavy atom. The molecule has 0 saturated carbocycles. The van der Waals surface area contributed by atoms with Gasteiger partial charge in [0, 0.05) is 50.7 Å². The highest BCUT2D eigenvalue weighted by Crippen LogP contribution is 2.20. The van der Waals surface area contributed by atoms with Gasteiger partial charge in [0.2, 0.25) is 0 Å². The first-order chi connectivity index (χ1) is 13.4. The number of aromatic nitrogens is 2. The van der Waals surface area contributed by atoms with Crippen LogP contribution in [-0.2, 0) is 12.6 Å². The van der Waals surface area contributed by atoms with Crippen LogP contribution in [0.2, 0.25) is 0 Å². The number of nitrogens with one attached hydrogen (secondary N) is 2. The number of hydrogen-bond donors (Lipinski definition) is 3. The molecule has 0 radical (unpaired) electrons. The predicted molar refractivity (Wildman–Crippen MR) is 116 cm³/mol. The van der Waals surface area contributed by atoms with E-state index >= 15 is 0 Å². The average Bonchev–Trinajstić information content (AvgIpc) is 3.10. The van der Waals surface area contributed by atoms with Crippen molar-refractivity contribution in [1.82, 2.24) is 20.4 Å². The highest BCUT2D eigenvalue weighted by atomic mass is 16.3. The fourth-order valence-electron chi connectivity index (χ4n) is 2.97. The predicted octanol–water partition coefficient (Wildman–Crippen LogP) is 2.02. The van der Waals surface area contributed by atoms with Gasteiger partial charge >= 0.3 is 0 Å². The van der Waals surface area contributed by atoms with Gasteiger partial charge in [-0.25, -0.2) is 4.99 Å². The molecular formula is C21H34N6O. The molecular weight excluding hydrogens is 352 g/mol. The Morgan fingerprint density at radius 3 is 2.71 bits per heavy atom. The number of aliphatic imine (C=N–C) groups is 1. The summed E-state index contributed by atoms with van der Waals surface area (Å²) >= 11 is 0. The van der Waals surface area contributed by atoms with Gasteiger partial charge in [-0.1, -0.05) is 12.1 Å². The zero-order valence-corrected chi connectivity index (χ0v) is 17.7. The van der Waals surface area contributed by atoms with E-state index in [1.807, 2.05) is 20.2 Å². The van der Waals surface area contributed by atoms with Crippen molar-refractivity contribution in [2.75, 3.05) is 37.6 Å². The molecule has 1 heterocycles. The van der Waals surface area contributed by atoms with Crippen molar-refractivity contribution >= 4 is 11.6 Å². The molecule has 0 saturated heterocycles. The molecule has 154 valence electrons. The van der Waals surface area contributed by atoms with Crippen LogP contribution >= 0.6 is 0 Å². The second-order valence-corrected chi connectivity index (χ2v) is 7.22. The molecule has 7 nitrogen and oxygen atoms in total. The van der Waals surface area contributed by atoms with Crippen LogP contribution in [0.4, 0.5) is 5.69 Å². The average molecular weight is 387 g/mol. The van der Waals surface area contributed by atoms with Crippen LogP contribution in [0.5, 0.6) is 0 Å². The molecule has 1 unspecified atom stereocenters. The second-order valence-electron chi connectivity index (χ2n) is 7.22. The minimum atomic E-state index is -1.06. The van der Waals surface area contributed by atoms with Gasteiger partial charge in [-0.15, -0.1) is 0 Å². The molecule has 28 heavy (non-hydrogen) atoms. The number of aliphatic hydroxyl groups is 1. The van der Waals surface area contributed by atoms with Gasteiger partial charge in [0.05, 0.1) is 12.7 Å². The summed E-state index contributed by atoms with van der Waals surface area (Å²) in [6.07, 6.45) is 3.49. The van der Waals surface area contributed by atoms with Crippen LogP contribution < -0.4 is 15.5 Å². The van der Waals surface area contributed by atoms with E-state index in [1.54, 1.807) is 17.8 Å². The number of guanidine groups is 1. The maximum absolute atomic E-state index is 10.7. The van der Waals surface area contributed by atoms with Crippen LogP contribution in [0.25, 0.3) is 0 Å². The molecule has 0 amide bonds. The molecule has 2 aromatic rings. The fraction of sp³-hybridized carbons (Fsp3) is 0.524. The summed E-state index contributed by atoms with van der Waals surface area (Å²) in [5.74, 6) is 0.701. The first-order valence-corrected chi connectivity index (χ1v) is 9.91. The van der Waals surface area contributed by atoms with E-state index < -0.39 is 5.60 Å². The van der Waals surface area contributed by atoms with E-state index in [0.29, 0.717) is 5.96 Å². The van der Waals surface area contributed by atoms with Crippen molar-refractivity contribution in [2.24, 2.45) is 12.0 Å². The number of hydrogen-bond acceptors (Lipinski definition) is 4. The van der Waals surface area contributed by atoms with E-state index in [4.69, 9.17) is 0 Å². The number of likely N-dealkylation sites (N-methyl/N-ethyl adjacent to an activating group) is 1. The summed E-state index contributed by atoms with van der Waals surface area (Å²) in [6, 6.07) is 8.54. The molecule has 3 N–H and O–H groups in total. The molecule has 1 aromatic carbocycles. The first kappa shape index (κ1) is 21.8. The van der Waals surface area contributed by atoms with Gasteiger partial charge in [0.25, 0.3) is 0 Å². The number of nitrogens with zero attached hydrogens (tertiary/aromatic N) is 4. The lowest BCUT2D eigenvalue weighted by molar-refractivity contribution is 0.0672.